The Kier molecular flexibility index (Phi) is 5.47. The Morgan fingerprint density at radius 2 is 1.79 bits per heavy atom. The summed E-state index contributed by atoms with van der Waals surface area (Å²) in [4.78, 5) is 8.85. The summed E-state index contributed by atoms with van der Waals surface area (Å²) in [7, 11) is 0. The Balaban J connectivity index is 1.57. The fourth-order valence-electron chi connectivity index (χ4n) is 3.75. The van der Waals surface area contributed by atoms with Crippen molar-refractivity contribution in [2.24, 2.45) is 0 Å². The summed E-state index contributed by atoms with van der Waals surface area (Å²) in [6, 6.07) is 7.64. The number of ether oxygens (including phenoxy) is 1. The summed E-state index contributed by atoms with van der Waals surface area (Å²) in [5.74, 6) is -2.69. The van der Waals surface area contributed by atoms with Gasteiger partial charge in [-0.2, -0.15) is 10.1 Å². The van der Waals surface area contributed by atoms with E-state index in [0.717, 1.165) is 0 Å². The Morgan fingerprint density at radius 3 is 2.52 bits per heavy atom. The zero-order valence-corrected chi connectivity index (χ0v) is 17.2. The van der Waals surface area contributed by atoms with Crippen LogP contribution in [-0.2, 0) is 4.74 Å². The van der Waals surface area contributed by atoms with Gasteiger partial charge in [-0.3, -0.25) is 0 Å². The summed E-state index contributed by atoms with van der Waals surface area (Å²) < 4.78 is 48.9. The van der Waals surface area contributed by atoms with Gasteiger partial charge in [0.1, 0.15) is 17.3 Å². The van der Waals surface area contributed by atoms with Gasteiger partial charge in [-0.1, -0.05) is 6.07 Å². The second-order valence-electron chi connectivity index (χ2n) is 7.61. The summed E-state index contributed by atoms with van der Waals surface area (Å²) in [5, 5.41) is 20.3. The van der Waals surface area contributed by atoms with Crippen molar-refractivity contribution in [1.29, 1.82) is 0 Å². The van der Waals surface area contributed by atoms with Crippen LogP contribution < -0.4 is 10.6 Å². The molecule has 1 aliphatic heterocycles. The van der Waals surface area contributed by atoms with Crippen LogP contribution in [0.15, 0.2) is 42.6 Å². The smallest absolute Gasteiger partial charge is 0.229 e. The van der Waals surface area contributed by atoms with E-state index in [1.807, 2.05) is 0 Å². The molecule has 0 spiro atoms. The highest BCUT2D eigenvalue weighted by Gasteiger charge is 2.24. The predicted octanol–water partition coefficient (Wildman–Crippen LogP) is 4.79. The zero-order valence-electron chi connectivity index (χ0n) is 17.2. The molecule has 0 radical (unpaired) electrons. The second kappa shape index (κ2) is 8.58. The average molecular weight is 456 g/mol. The molecule has 3 heterocycles. The monoisotopic (exact) mass is 456 g/mol. The van der Waals surface area contributed by atoms with Crippen molar-refractivity contribution in [3.63, 3.8) is 0 Å². The number of aromatic nitrogens is 4. The van der Waals surface area contributed by atoms with Crippen LogP contribution in [0, 0.1) is 17.5 Å². The first kappa shape index (κ1) is 21.0. The van der Waals surface area contributed by atoms with E-state index >= 15 is 0 Å². The molecule has 3 N–H and O–H groups in total. The van der Waals surface area contributed by atoms with Crippen molar-refractivity contribution in [2.75, 3.05) is 23.8 Å². The standard InChI is InChI=1S/C22H19F3N6O2/c23-12-8-17(24)19(18(25)9-12)28-20-16-11-26-22(27-13-2-1-3-15(32)10-13)29-21(16)31(30-20)14-4-6-33-7-5-14/h1-3,8-11,14,32H,4-7H2,(H,28,30)(H,26,27,29). The molecule has 11 heteroatoms. The molecule has 170 valence electrons. The van der Waals surface area contributed by atoms with Crippen molar-refractivity contribution in [1.82, 2.24) is 19.7 Å². The van der Waals surface area contributed by atoms with Gasteiger partial charge in [0.05, 0.1) is 11.4 Å². The molecule has 0 bridgehead atoms. The van der Waals surface area contributed by atoms with E-state index in [1.54, 1.807) is 22.9 Å². The molecule has 33 heavy (non-hydrogen) atoms. The van der Waals surface area contributed by atoms with Crippen molar-refractivity contribution < 1.29 is 23.0 Å². The van der Waals surface area contributed by atoms with Gasteiger partial charge in [0, 0.05) is 43.3 Å². The number of nitrogens with zero attached hydrogens (tertiary/aromatic N) is 4. The van der Waals surface area contributed by atoms with Crippen molar-refractivity contribution in [3.05, 3.63) is 60.0 Å². The lowest BCUT2D eigenvalue weighted by Gasteiger charge is -2.22. The number of rotatable bonds is 5. The normalized spacial score (nSPS) is 14.5. The number of halogens is 3. The third-order valence-corrected chi connectivity index (χ3v) is 5.34. The highest BCUT2D eigenvalue weighted by atomic mass is 19.1. The molecule has 0 unspecified atom stereocenters. The summed E-state index contributed by atoms with van der Waals surface area (Å²) >= 11 is 0. The minimum absolute atomic E-state index is 0.0387. The van der Waals surface area contributed by atoms with Crippen LogP contribution in [0.1, 0.15) is 18.9 Å². The molecule has 0 atom stereocenters. The van der Waals surface area contributed by atoms with E-state index in [1.165, 1.54) is 12.3 Å². The first-order chi connectivity index (χ1) is 16.0. The third kappa shape index (κ3) is 4.27. The number of hydrogen-bond donors (Lipinski definition) is 3. The van der Waals surface area contributed by atoms with Crippen LogP contribution in [-0.4, -0.2) is 38.1 Å². The largest absolute Gasteiger partial charge is 0.508 e. The number of phenols is 1. The summed E-state index contributed by atoms with van der Waals surface area (Å²) in [6.07, 6.45) is 2.86. The number of benzene rings is 2. The Bertz CT molecular complexity index is 1300. The van der Waals surface area contributed by atoms with E-state index in [9.17, 15) is 18.3 Å². The number of aromatic hydroxyl groups is 1. The highest BCUT2D eigenvalue weighted by Crippen LogP contribution is 2.32. The molecular weight excluding hydrogens is 437 g/mol. The minimum atomic E-state index is -1.08. The first-order valence-corrected chi connectivity index (χ1v) is 10.3. The lowest BCUT2D eigenvalue weighted by molar-refractivity contribution is 0.0674. The molecule has 2 aromatic carbocycles. The average Bonchev–Trinajstić information content (AvgIpc) is 3.14. The third-order valence-electron chi connectivity index (χ3n) is 5.34. The van der Waals surface area contributed by atoms with E-state index in [-0.39, 0.29) is 23.6 Å². The SMILES string of the molecule is Oc1cccc(Nc2ncc3c(Nc4c(F)cc(F)cc4F)nn(C4CCOCC4)c3n2)c1. The quantitative estimate of drug-likeness (QED) is 0.397. The predicted molar refractivity (Wildman–Crippen MR) is 115 cm³/mol. The van der Waals surface area contributed by atoms with E-state index < -0.39 is 23.1 Å². The van der Waals surface area contributed by atoms with Crippen LogP contribution in [0.25, 0.3) is 11.0 Å². The molecule has 0 aliphatic carbocycles. The van der Waals surface area contributed by atoms with E-state index in [4.69, 9.17) is 4.74 Å². The molecule has 0 amide bonds. The lowest BCUT2D eigenvalue weighted by atomic mass is 10.1. The molecule has 4 aromatic rings. The highest BCUT2D eigenvalue weighted by molar-refractivity contribution is 5.90. The van der Waals surface area contributed by atoms with Crippen LogP contribution in [0.2, 0.25) is 0 Å². The molecule has 1 saturated heterocycles. The van der Waals surface area contributed by atoms with Crippen LogP contribution in [0.3, 0.4) is 0 Å². The van der Waals surface area contributed by atoms with Gasteiger partial charge >= 0.3 is 0 Å². The molecular formula is C22H19F3N6O2. The maximum atomic E-state index is 14.2. The van der Waals surface area contributed by atoms with Crippen molar-refractivity contribution in [3.8, 4) is 5.75 Å². The number of anilines is 4. The van der Waals surface area contributed by atoms with Crippen LogP contribution in [0.5, 0.6) is 5.75 Å². The molecule has 0 saturated carbocycles. The van der Waals surface area contributed by atoms with E-state index in [2.05, 4.69) is 25.7 Å². The van der Waals surface area contributed by atoms with Gasteiger partial charge in [-0.15, -0.1) is 0 Å². The van der Waals surface area contributed by atoms with Gasteiger partial charge < -0.3 is 20.5 Å². The zero-order chi connectivity index (χ0) is 22.9. The number of fused-ring (bicyclic) bond motifs is 1. The van der Waals surface area contributed by atoms with Crippen LogP contribution >= 0.6 is 0 Å². The summed E-state index contributed by atoms with van der Waals surface area (Å²) in [6.45, 7) is 1.10. The number of phenolic OH excluding ortho intramolecular Hbond substituents is 1. The van der Waals surface area contributed by atoms with Gasteiger partial charge in [-0.05, 0) is 25.0 Å². The molecule has 8 nitrogen and oxygen atoms in total. The van der Waals surface area contributed by atoms with Gasteiger partial charge in [-0.25, -0.2) is 22.8 Å². The topological polar surface area (TPSA) is 97.1 Å². The Morgan fingerprint density at radius 1 is 1.03 bits per heavy atom. The number of nitrogens with one attached hydrogen (secondary N) is 2. The molecule has 1 fully saturated rings. The van der Waals surface area contributed by atoms with Crippen molar-refractivity contribution >= 4 is 34.2 Å². The molecule has 1 aliphatic rings. The van der Waals surface area contributed by atoms with Crippen molar-refractivity contribution in [2.45, 2.75) is 18.9 Å². The maximum absolute atomic E-state index is 14.2. The fourth-order valence-corrected chi connectivity index (χ4v) is 3.75. The van der Waals surface area contributed by atoms with Gasteiger partial charge in [0.15, 0.2) is 23.1 Å². The summed E-state index contributed by atoms with van der Waals surface area (Å²) in [5.41, 5.74) is 0.516. The van der Waals surface area contributed by atoms with Gasteiger partial charge in [0.2, 0.25) is 5.95 Å². The molecule has 5 rings (SSSR count). The van der Waals surface area contributed by atoms with Crippen LogP contribution in [0.4, 0.5) is 36.3 Å². The fraction of sp³-hybridized carbons (Fsp3) is 0.227. The van der Waals surface area contributed by atoms with Gasteiger partial charge in [0.25, 0.3) is 0 Å². The lowest BCUT2D eigenvalue weighted by Crippen LogP contribution is -2.21. The first-order valence-electron chi connectivity index (χ1n) is 10.3. The minimum Gasteiger partial charge on any atom is -0.508 e. The Hall–Kier alpha value is -3.86. The van der Waals surface area contributed by atoms with E-state index in [0.29, 0.717) is 54.9 Å². The maximum Gasteiger partial charge on any atom is 0.229 e. The number of hydrogen-bond acceptors (Lipinski definition) is 7. The Labute approximate surface area is 186 Å². The molecule has 2 aromatic heterocycles. The second-order valence-corrected chi connectivity index (χ2v) is 7.61.